The Bertz CT molecular complexity index is 337. The summed E-state index contributed by atoms with van der Waals surface area (Å²) in [4.78, 5) is 0. The summed E-state index contributed by atoms with van der Waals surface area (Å²) < 4.78 is 5.27. The molecule has 1 fully saturated rings. The van der Waals surface area contributed by atoms with Gasteiger partial charge in [0.1, 0.15) is 5.75 Å². The number of benzene rings is 1. The highest BCUT2D eigenvalue weighted by Gasteiger charge is 2.13. The molecule has 0 saturated carbocycles. The standard InChI is InChI=1S/C11H14ClNO2/c12-10-7-9(1-2-11(10)14)13-8-3-5-15-6-4-8/h1-2,7-8,13-14H,3-6H2. The van der Waals surface area contributed by atoms with Gasteiger partial charge in [-0.3, -0.25) is 0 Å². The molecular weight excluding hydrogens is 214 g/mol. The number of rotatable bonds is 2. The van der Waals surface area contributed by atoms with Crippen molar-refractivity contribution in [2.75, 3.05) is 18.5 Å². The Morgan fingerprint density at radius 1 is 1.33 bits per heavy atom. The highest BCUT2D eigenvalue weighted by Crippen LogP contribution is 2.27. The summed E-state index contributed by atoms with van der Waals surface area (Å²) in [7, 11) is 0. The van der Waals surface area contributed by atoms with Gasteiger partial charge in [-0.15, -0.1) is 0 Å². The molecule has 0 aliphatic carbocycles. The predicted octanol–water partition coefficient (Wildman–Crippen LogP) is 2.64. The van der Waals surface area contributed by atoms with Crippen molar-refractivity contribution in [3.05, 3.63) is 23.2 Å². The lowest BCUT2D eigenvalue weighted by atomic mass is 10.1. The van der Waals surface area contributed by atoms with E-state index in [-0.39, 0.29) is 5.75 Å². The minimum absolute atomic E-state index is 0.120. The van der Waals surface area contributed by atoms with Crippen LogP contribution in [0.3, 0.4) is 0 Å². The van der Waals surface area contributed by atoms with Crippen molar-refractivity contribution in [1.82, 2.24) is 0 Å². The fourth-order valence-electron chi connectivity index (χ4n) is 1.67. The molecule has 1 heterocycles. The Morgan fingerprint density at radius 3 is 2.73 bits per heavy atom. The smallest absolute Gasteiger partial charge is 0.134 e. The summed E-state index contributed by atoms with van der Waals surface area (Å²) in [6, 6.07) is 5.62. The van der Waals surface area contributed by atoms with Gasteiger partial charge in [-0.05, 0) is 31.0 Å². The molecule has 1 aromatic rings. The molecule has 0 aromatic heterocycles. The number of hydrogen-bond acceptors (Lipinski definition) is 3. The highest BCUT2D eigenvalue weighted by molar-refractivity contribution is 6.32. The lowest BCUT2D eigenvalue weighted by Gasteiger charge is -2.24. The van der Waals surface area contributed by atoms with Crippen LogP contribution in [0, 0.1) is 0 Å². The molecule has 0 radical (unpaired) electrons. The van der Waals surface area contributed by atoms with E-state index < -0.39 is 0 Å². The average molecular weight is 228 g/mol. The molecule has 2 N–H and O–H groups in total. The molecule has 0 spiro atoms. The maximum absolute atomic E-state index is 9.27. The Labute approximate surface area is 94.0 Å². The molecule has 1 aliphatic rings. The number of nitrogens with one attached hydrogen (secondary N) is 1. The molecule has 0 atom stereocenters. The highest BCUT2D eigenvalue weighted by atomic mass is 35.5. The Morgan fingerprint density at radius 2 is 2.07 bits per heavy atom. The first kappa shape index (κ1) is 10.6. The van der Waals surface area contributed by atoms with Crippen LogP contribution in [0.4, 0.5) is 5.69 Å². The number of anilines is 1. The average Bonchev–Trinajstić information content (AvgIpc) is 2.25. The zero-order valence-electron chi connectivity index (χ0n) is 8.37. The topological polar surface area (TPSA) is 41.5 Å². The van der Waals surface area contributed by atoms with Gasteiger partial charge in [-0.2, -0.15) is 0 Å². The number of ether oxygens (including phenoxy) is 1. The third-order valence-electron chi connectivity index (χ3n) is 2.54. The van der Waals surface area contributed by atoms with Crippen molar-refractivity contribution in [2.45, 2.75) is 18.9 Å². The van der Waals surface area contributed by atoms with Gasteiger partial charge in [0.2, 0.25) is 0 Å². The first-order valence-corrected chi connectivity index (χ1v) is 5.46. The van der Waals surface area contributed by atoms with Gasteiger partial charge in [0, 0.05) is 24.9 Å². The van der Waals surface area contributed by atoms with Crippen LogP contribution in [0.2, 0.25) is 5.02 Å². The molecule has 15 heavy (non-hydrogen) atoms. The van der Waals surface area contributed by atoms with E-state index in [0.717, 1.165) is 31.7 Å². The van der Waals surface area contributed by atoms with Crippen LogP contribution in [0.5, 0.6) is 5.75 Å². The zero-order chi connectivity index (χ0) is 10.7. The van der Waals surface area contributed by atoms with Crippen molar-refractivity contribution in [3.8, 4) is 5.75 Å². The molecule has 82 valence electrons. The van der Waals surface area contributed by atoms with Crippen LogP contribution in [0.25, 0.3) is 0 Å². The summed E-state index contributed by atoms with van der Waals surface area (Å²) in [6.45, 7) is 1.62. The summed E-state index contributed by atoms with van der Waals surface area (Å²) in [5, 5.41) is 13.0. The van der Waals surface area contributed by atoms with Crippen LogP contribution in [0.1, 0.15) is 12.8 Å². The number of halogens is 1. The largest absolute Gasteiger partial charge is 0.506 e. The Kier molecular flexibility index (Phi) is 3.34. The van der Waals surface area contributed by atoms with Crippen LogP contribution >= 0.6 is 11.6 Å². The second kappa shape index (κ2) is 4.73. The maximum atomic E-state index is 9.27. The molecule has 0 amide bonds. The van der Waals surface area contributed by atoms with E-state index in [9.17, 15) is 5.11 Å². The van der Waals surface area contributed by atoms with Gasteiger partial charge < -0.3 is 15.2 Å². The van der Waals surface area contributed by atoms with E-state index in [1.807, 2.05) is 6.07 Å². The normalized spacial score (nSPS) is 17.7. The molecule has 0 bridgehead atoms. The van der Waals surface area contributed by atoms with Crippen LogP contribution in [0.15, 0.2) is 18.2 Å². The van der Waals surface area contributed by atoms with E-state index in [2.05, 4.69) is 5.32 Å². The summed E-state index contributed by atoms with van der Waals surface area (Å²) in [5.74, 6) is 0.120. The van der Waals surface area contributed by atoms with E-state index in [1.54, 1.807) is 12.1 Å². The van der Waals surface area contributed by atoms with Gasteiger partial charge in [0.05, 0.1) is 5.02 Å². The van der Waals surface area contributed by atoms with Gasteiger partial charge >= 0.3 is 0 Å². The molecule has 2 rings (SSSR count). The zero-order valence-corrected chi connectivity index (χ0v) is 9.13. The predicted molar refractivity (Wildman–Crippen MR) is 60.6 cm³/mol. The fourth-order valence-corrected chi connectivity index (χ4v) is 1.85. The van der Waals surface area contributed by atoms with Crippen molar-refractivity contribution < 1.29 is 9.84 Å². The first-order valence-electron chi connectivity index (χ1n) is 5.08. The lowest BCUT2D eigenvalue weighted by molar-refractivity contribution is 0.0904. The second-order valence-electron chi connectivity index (χ2n) is 3.70. The molecule has 1 aliphatic heterocycles. The number of phenols is 1. The third kappa shape index (κ3) is 2.76. The monoisotopic (exact) mass is 227 g/mol. The molecule has 4 heteroatoms. The first-order chi connectivity index (χ1) is 7.25. The van der Waals surface area contributed by atoms with E-state index in [1.165, 1.54) is 0 Å². The van der Waals surface area contributed by atoms with E-state index >= 15 is 0 Å². The summed E-state index contributed by atoms with van der Waals surface area (Å²) >= 11 is 5.82. The molecule has 3 nitrogen and oxygen atoms in total. The lowest BCUT2D eigenvalue weighted by Crippen LogP contribution is -2.27. The van der Waals surface area contributed by atoms with E-state index in [4.69, 9.17) is 16.3 Å². The number of aromatic hydroxyl groups is 1. The second-order valence-corrected chi connectivity index (χ2v) is 4.10. The minimum Gasteiger partial charge on any atom is -0.506 e. The molecular formula is C11H14ClNO2. The van der Waals surface area contributed by atoms with Gasteiger partial charge in [-0.1, -0.05) is 11.6 Å². The van der Waals surface area contributed by atoms with Crippen molar-refractivity contribution in [2.24, 2.45) is 0 Å². The maximum Gasteiger partial charge on any atom is 0.134 e. The van der Waals surface area contributed by atoms with Crippen molar-refractivity contribution >= 4 is 17.3 Å². The molecule has 1 saturated heterocycles. The Balaban J connectivity index is 2.00. The summed E-state index contributed by atoms with van der Waals surface area (Å²) in [5.41, 5.74) is 0.949. The van der Waals surface area contributed by atoms with Crippen LogP contribution in [-0.2, 0) is 4.74 Å². The fraction of sp³-hybridized carbons (Fsp3) is 0.455. The van der Waals surface area contributed by atoms with Crippen molar-refractivity contribution in [3.63, 3.8) is 0 Å². The third-order valence-corrected chi connectivity index (χ3v) is 2.84. The summed E-state index contributed by atoms with van der Waals surface area (Å²) in [6.07, 6.45) is 2.02. The van der Waals surface area contributed by atoms with Gasteiger partial charge in [0.15, 0.2) is 0 Å². The van der Waals surface area contributed by atoms with Gasteiger partial charge in [0.25, 0.3) is 0 Å². The van der Waals surface area contributed by atoms with Crippen LogP contribution in [-0.4, -0.2) is 24.4 Å². The number of phenolic OH excluding ortho intramolecular Hbond substituents is 1. The quantitative estimate of drug-likeness (QED) is 0.764. The minimum atomic E-state index is 0.120. The molecule has 1 aromatic carbocycles. The van der Waals surface area contributed by atoms with Crippen LogP contribution < -0.4 is 5.32 Å². The SMILES string of the molecule is Oc1ccc(NC2CCOCC2)cc1Cl. The molecule has 0 unspecified atom stereocenters. The number of hydrogen-bond donors (Lipinski definition) is 2. The van der Waals surface area contributed by atoms with Crippen molar-refractivity contribution in [1.29, 1.82) is 0 Å². The van der Waals surface area contributed by atoms with E-state index in [0.29, 0.717) is 11.1 Å². The Hall–Kier alpha value is -0.930. The van der Waals surface area contributed by atoms with Gasteiger partial charge in [-0.25, -0.2) is 0 Å².